The molecule has 0 amide bonds. The summed E-state index contributed by atoms with van der Waals surface area (Å²) < 4.78 is 0. The number of nitrogens with one attached hydrogen (secondary N) is 1. The Balaban J connectivity index is 0.00000112. The van der Waals surface area contributed by atoms with Crippen LogP contribution < -0.4 is 5.32 Å². The molecule has 0 saturated carbocycles. The SMILES string of the molecule is CCc1cccc(CC)c1C1CNC1.Cl. The van der Waals surface area contributed by atoms with Crippen molar-refractivity contribution < 1.29 is 0 Å². The summed E-state index contributed by atoms with van der Waals surface area (Å²) in [5, 5.41) is 3.36. The first-order valence-corrected chi connectivity index (χ1v) is 5.68. The lowest BCUT2D eigenvalue weighted by molar-refractivity contribution is 0.443. The van der Waals surface area contributed by atoms with Gasteiger partial charge in [0.05, 0.1) is 0 Å². The zero-order valence-corrected chi connectivity index (χ0v) is 10.4. The third-order valence-corrected chi connectivity index (χ3v) is 3.24. The summed E-state index contributed by atoms with van der Waals surface area (Å²) in [7, 11) is 0. The van der Waals surface area contributed by atoms with Crippen molar-refractivity contribution in [2.75, 3.05) is 13.1 Å². The van der Waals surface area contributed by atoms with E-state index in [1.54, 1.807) is 16.7 Å². The van der Waals surface area contributed by atoms with Gasteiger partial charge in [0.2, 0.25) is 0 Å². The van der Waals surface area contributed by atoms with E-state index in [1.807, 2.05) is 0 Å². The lowest BCUT2D eigenvalue weighted by Crippen LogP contribution is -2.40. The van der Waals surface area contributed by atoms with Crippen molar-refractivity contribution in [1.29, 1.82) is 0 Å². The van der Waals surface area contributed by atoms with E-state index in [9.17, 15) is 0 Å². The Hall–Kier alpha value is -0.530. The predicted molar refractivity (Wildman–Crippen MR) is 68.1 cm³/mol. The van der Waals surface area contributed by atoms with Gasteiger partial charge in [-0.15, -0.1) is 12.4 Å². The molecule has 1 fully saturated rings. The Kier molecular flexibility index (Phi) is 4.62. The molecule has 0 spiro atoms. The van der Waals surface area contributed by atoms with E-state index in [0.717, 1.165) is 5.92 Å². The van der Waals surface area contributed by atoms with Crippen molar-refractivity contribution in [1.82, 2.24) is 5.32 Å². The highest BCUT2D eigenvalue weighted by molar-refractivity contribution is 5.85. The number of halogens is 1. The van der Waals surface area contributed by atoms with E-state index in [4.69, 9.17) is 0 Å². The molecular formula is C13H20ClN. The van der Waals surface area contributed by atoms with Crippen LogP contribution in [0.3, 0.4) is 0 Å². The molecule has 84 valence electrons. The van der Waals surface area contributed by atoms with E-state index in [2.05, 4.69) is 37.4 Å². The van der Waals surface area contributed by atoms with E-state index in [-0.39, 0.29) is 12.4 Å². The number of aryl methyl sites for hydroxylation is 2. The van der Waals surface area contributed by atoms with Crippen molar-refractivity contribution >= 4 is 12.4 Å². The largest absolute Gasteiger partial charge is 0.315 e. The standard InChI is InChI=1S/C13H19N.ClH/c1-3-10-6-5-7-11(4-2)13(10)12-8-14-9-12;/h5-7,12,14H,3-4,8-9H2,1-2H3;1H. The number of rotatable bonds is 3. The van der Waals surface area contributed by atoms with Crippen LogP contribution in [0.4, 0.5) is 0 Å². The van der Waals surface area contributed by atoms with Gasteiger partial charge in [-0.25, -0.2) is 0 Å². The zero-order chi connectivity index (χ0) is 9.97. The topological polar surface area (TPSA) is 12.0 Å². The molecule has 0 bridgehead atoms. The van der Waals surface area contributed by atoms with Crippen LogP contribution in [0.2, 0.25) is 0 Å². The quantitative estimate of drug-likeness (QED) is 0.834. The highest BCUT2D eigenvalue weighted by atomic mass is 35.5. The molecule has 0 atom stereocenters. The third-order valence-electron chi connectivity index (χ3n) is 3.24. The van der Waals surface area contributed by atoms with Crippen LogP contribution in [0.15, 0.2) is 18.2 Å². The van der Waals surface area contributed by atoms with Gasteiger partial charge in [-0.2, -0.15) is 0 Å². The van der Waals surface area contributed by atoms with E-state index >= 15 is 0 Å². The first-order chi connectivity index (χ1) is 6.86. The molecule has 0 unspecified atom stereocenters. The van der Waals surface area contributed by atoms with Crippen molar-refractivity contribution in [2.45, 2.75) is 32.6 Å². The van der Waals surface area contributed by atoms with Gasteiger partial charge >= 0.3 is 0 Å². The molecule has 2 heteroatoms. The lowest BCUT2D eigenvalue weighted by Gasteiger charge is -2.31. The highest BCUT2D eigenvalue weighted by Gasteiger charge is 2.23. The normalized spacial score (nSPS) is 15.6. The molecule has 1 nitrogen and oxygen atoms in total. The molecule has 15 heavy (non-hydrogen) atoms. The number of hydrogen-bond donors (Lipinski definition) is 1. The smallest absolute Gasteiger partial charge is 0.00940 e. The van der Waals surface area contributed by atoms with E-state index in [0.29, 0.717) is 0 Å². The molecule has 1 aliphatic heterocycles. The van der Waals surface area contributed by atoms with Crippen molar-refractivity contribution in [2.24, 2.45) is 0 Å². The van der Waals surface area contributed by atoms with Crippen LogP contribution in [0, 0.1) is 0 Å². The first kappa shape index (κ1) is 12.5. The van der Waals surface area contributed by atoms with E-state index < -0.39 is 0 Å². The minimum atomic E-state index is 0. The maximum Gasteiger partial charge on any atom is 0.00940 e. The molecule has 1 saturated heterocycles. The van der Waals surface area contributed by atoms with Gasteiger partial charge in [0.1, 0.15) is 0 Å². The van der Waals surface area contributed by atoms with Gasteiger partial charge in [-0.1, -0.05) is 32.0 Å². The number of benzene rings is 1. The monoisotopic (exact) mass is 225 g/mol. The predicted octanol–water partition coefficient (Wildman–Crippen LogP) is 2.92. The molecule has 1 aliphatic rings. The van der Waals surface area contributed by atoms with Gasteiger partial charge < -0.3 is 5.32 Å². The summed E-state index contributed by atoms with van der Waals surface area (Å²) >= 11 is 0. The van der Waals surface area contributed by atoms with Gasteiger partial charge in [-0.05, 0) is 29.5 Å². The van der Waals surface area contributed by atoms with Crippen LogP contribution in [0.1, 0.15) is 36.5 Å². The van der Waals surface area contributed by atoms with Crippen LogP contribution >= 0.6 is 12.4 Å². The molecular weight excluding hydrogens is 206 g/mol. The van der Waals surface area contributed by atoms with Crippen LogP contribution in [-0.2, 0) is 12.8 Å². The van der Waals surface area contributed by atoms with Gasteiger partial charge in [-0.3, -0.25) is 0 Å². The van der Waals surface area contributed by atoms with Gasteiger partial charge in [0, 0.05) is 19.0 Å². The summed E-state index contributed by atoms with van der Waals surface area (Å²) in [6.45, 7) is 6.85. The van der Waals surface area contributed by atoms with Crippen molar-refractivity contribution in [3.63, 3.8) is 0 Å². The van der Waals surface area contributed by atoms with Crippen molar-refractivity contribution in [3.8, 4) is 0 Å². The number of hydrogen-bond acceptors (Lipinski definition) is 1. The third kappa shape index (κ3) is 2.35. The molecule has 0 aliphatic carbocycles. The van der Waals surface area contributed by atoms with Crippen LogP contribution in [0.25, 0.3) is 0 Å². The molecule has 1 aromatic carbocycles. The Labute approximate surface area is 98.7 Å². The Morgan fingerprint density at radius 3 is 2.00 bits per heavy atom. The second-order valence-electron chi connectivity index (χ2n) is 4.05. The fourth-order valence-electron chi connectivity index (χ4n) is 2.30. The average molecular weight is 226 g/mol. The summed E-state index contributed by atoms with van der Waals surface area (Å²) in [6.07, 6.45) is 2.33. The Morgan fingerprint density at radius 1 is 1.13 bits per heavy atom. The van der Waals surface area contributed by atoms with Crippen molar-refractivity contribution in [3.05, 3.63) is 34.9 Å². The van der Waals surface area contributed by atoms with Crippen LogP contribution in [0.5, 0.6) is 0 Å². The minimum absolute atomic E-state index is 0. The molecule has 0 radical (unpaired) electrons. The van der Waals surface area contributed by atoms with Gasteiger partial charge in [0.25, 0.3) is 0 Å². The fraction of sp³-hybridized carbons (Fsp3) is 0.538. The highest BCUT2D eigenvalue weighted by Crippen LogP contribution is 2.28. The minimum Gasteiger partial charge on any atom is -0.315 e. The Morgan fingerprint density at radius 2 is 1.67 bits per heavy atom. The summed E-state index contributed by atoms with van der Waals surface area (Å²) in [5.41, 5.74) is 4.74. The first-order valence-electron chi connectivity index (χ1n) is 5.68. The van der Waals surface area contributed by atoms with Gasteiger partial charge in [0.15, 0.2) is 0 Å². The summed E-state index contributed by atoms with van der Waals surface area (Å²) in [4.78, 5) is 0. The maximum absolute atomic E-state index is 3.36. The lowest BCUT2D eigenvalue weighted by atomic mass is 9.84. The fourth-order valence-corrected chi connectivity index (χ4v) is 2.30. The molecule has 0 aromatic heterocycles. The second-order valence-corrected chi connectivity index (χ2v) is 4.05. The molecule has 2 rings (SSSR count). The molecule has 1 aromatic rings. The summed E-state index contributed by atoms with van der Waals surface area (Å²) in [5.74, 6) is 0.779. The summed E-state index contributed by atoms with van der Waals surface area (Å²) in [6, 6.07) is 6.77. The maximum atomic E-state index is 3.36. The van der Waals surface area contributed by atoms with E-state index in [1.165, 1.54) is 25.9 Å². The molecule has 1 heterocycles. The second kappa shape index (κ2) is 5.53. The average Bonchev–Trinajstić information content (AvgIpc) is 2.15. The van der Waals surface area contributed by atoms with Crippen LogP contribution in [-0.4, -0.2) is 13.1 Å². The Bertz CT molecular complexity index is 296. The molecule has 1 N–H and O–H groups in total. The zero-order valence-electron chi connectivity index (χ0n) is 9.55.